The van der Waals surface area contributed by atoms with Crippen molar-refractivity contribution in [1.82, 2.24) is 15.2 Å². The van der Waals surface area contributed by atoms with Gasteiger partial charge in [-0.05, 0) is 36.8 Å². The van der Waals surface area contributed by atoms with Gasteiger partial charge in [0.25, 0.3) is 0 Å². The molecule has 0 aliphatic heterocycles. The highest BCUT2D eigenvalue weighted by atomic mass is 35.5. The van der Waals surface area contributed by atoms with Crippen LogP contribution in [0, 0.1) is 18.3 Å². The number of halogens is 1. The summed E-state index contributed by atoms with van der Waals surface area (Å²) in [6.07, 6.45) is 0. The molecular weight excluding hydrogens is 386 g/mol. The van der Waals surface area contributed by atoms with Gasteiger partial charge in [0.15, 0.2) is 5.13 Å². The van der Waals surface area contributed by atoms with Crippen LogP contribution in [-0.4, -0.2) is 22.3 Å². The number of hydrogen-bond acceptors (Lipinski definition) is 8. The van der Waals surface area contributed by atoms with Gasteiger partial charge in [0, 0.05) is 5.56 Å². The van der Waals surface area contributed by atoms with Crippen LogP contribution in [0.25, 0.3) is 21.7 Å². The summed E-state index contributed by atoms with van der Waals surface area (Å²) in [5, 5.41) is 21.3. The topological polar surface area (TPSA) is 96.9 Å². The van der Waals surface area contributed by atoms with Crippen molar-refractivity contribution in [3.05, 3.63) is 46.5 Å². The van der Waals surface area contributed by atoms with Gasteiger partial charge in [-0.1, -0.05) is 34.1 Å². The van der Waals surface area contributed by atoms with Crippen molar-refractivity contribution in [2.45, 2.75) is 6.92 Å². The van der Waals surface area contributed by atoms with Crippen molar-refractivity contribution in [1.29, 1.82) is 5.26 Å². The normalized spacial score (nSPS) is 10.7. The van der Waals surface area contributed by atoms with E-state index >= 15 is 0 Å². The first kappa shape index (κ1) is 17.3. The maximum atomic E-state index is 9.25. The lowest BCUT2D eigenvalue weighted by Gasteiger charge is -2.04. The molecule has 0 radical (unpaired) electrons. The van der Waals surface area contributed by atoms with E-state index < -0.39 is 0 Å². The maximum absolute atomic E-state index is 9.25. The highest BCUT2D eigenvalue weighted by molar-refractivity contribution is 7.22. The number of nitrogens with zero attached hydrogens (tertiary/aromatic N) is 4. The van der Waals surface area contributed by atoms with E-state index in [1.54, 1.807) is 26.2 Å². The Balaban J connectivity index is 1.65. The zero-order valence-corrected chi connectivity index (χ0v) is 15.9. The molecule has 2 aromatic carbocycles. The quantitative estimate of drug-likeness (QED) is 0.521. The molecule has 4 aromatic rings. The van der Waals surface area contributed by atoms with Crippen molar-refractivity contribution in [2.75, 3.05) is 12.4 Å². The fourth-order valence-corrected chi connectivity index (χ4v) is 3.78. The van der Waals surface area contributed by atoms with Crippen molar-refractivity contribution in [3.63, 3.8) is 0 Å². The van der Waals surface area contributed by atoms with E-state index in [0.29, 0.717) is 38.5 Å². The van der Waals surface area contributed by atoms with Gasteiger partial charge in [-0.25, -0.2) is 4.98 Å². The number of thiazole rings is 1. The van der Waals surface area contributed by atoms with Crippen LogP contribution >= 0.6 is 22.9 Å². The van der Waals surface area contributed by atoms with Gasteiger partial charge < -0.3 is 9.15 Å². The molecule has 27 heavy (non-hydrogen) atoms. The zero-order valence-electron chi connectivity index (χ0n) is 14.3. The van der Waals surface area contributed by atoms with Crippen LogP contribution in [0.4, 0.5) is 11.1 Å². The van der Waals surface area contributed by atoms with Gasteiger partial charge in [-0.2, -0.15) is 5.26 Å². The first-order chi connectivity index (χ1) is 13.1. The number of benzene rings is 2. The third kappa shape index (κ3) is 3.07. The number of anilines is 2. The van der Waals surface area contributed by atoms with Gasteiger partial charge in [0.2, 0.25) is 5.89 Å². The smallest absolute Gasteiger partial charge is 0.322 e. The molecule has 0 saturated carbocycles. The van der Waals surface area contributed by atoms with E-state index in [2.05, 4.69) is 26.6 Å². The van der Waals surface area contributed by atoms with Gasteiger partial charge in [0.1, 0.15) is 17.3 Å². The molecule has 0 aliphatic carbocycles. The number of ether oxygens (including phenoxy) is 1. The summed E-state index contributed by atoms with van der Waals surface area (Å²) in [4.78, 5) is 4.51. The average molecular weight is 398 g/mol. The van der Waals surface area contributed by atoms with Crippen LogP contribution in [0.3, 0.4) is 0 Å². The van der Waals surface area contributed by atoms with E-state index in [0.717, 1.165) is 10.2 Å². The second-order valence-corrected chi connectivity index (χ2v) is 7.01. The third-order valence-corrected chi connectivity index (χ3v) is 5.25. The van der Waals surface area contributed by atoms with Crippen molar-refractivity contribution in [3.8, 4) is 23.3 Å². The van der Waals surface area contributed by atoms with Gasteiger partial charge in [-0.3, -0.25) is 5.32 Å². The maximum Gasteiger partial charge on any atom is 0.322 e. The van der Waals surface area contributed by atoms with E-state index in [1.165, 1.54) is 11.3 Å². The highest BCUT2D eigenvalue weighted by Gasteiger charge is 2.16. The lowest BCUT2D eigenvalue weighted by Crippen LogP contribution is -1.90. The number of fused-ring (bicyclic) bond motifs is 1. The van der Waals surface area contributed by atoms with Crippen LogP contribution in [0.1, 0.15) is 11.1 Å². The average Bonchev–Trinajstić information content (AvgIpc) is 3.28. The number of hydrogen-bond donors (Lipinski definition) is 1. The first-order valence-electron chi connectivity index (χ1n) is 7.84. The van der Waals surface area contributed by atoms with Gasteiger partial charge >= 0.3 is 6.01 Å². The summed E-state index contributed by atoms with van der Waals surface area (Å²) < 4.78 is 12.0. The minimum Gasteiger partial charge on any atom is -0.494 e. The monoisotopic (exact) mass is 397 g/mol. The van der Waals surface area contributed by atoms with E-state index in [9.17, 15) is 5.26 Å². The standard InChI is InChI=1S/C18H12ClN5O2S/c1-9-10(6-7-12(19)11(9)8-20)16-23-24-17(26-16)22-18-21-15-13(25-2)4-3-5-14(15)27-18/h3-7H,1-2H3,(H,21,22,24). The number of nitriles is 1. The lowest BCUT2D eigenvalue weighted by molar-refractivity contribution is 0.419. The Morgan fingerprint density at radius 3 is 2.89 bits per heavy atom. The minimum absolute atomic E-state index is 0.205. The SMILES string of the molecule is COc1cccc2sc(Nc3nnc(-c4ccc(Cl)c(C#N)c4C)o3)nc12. The summed E-state index contributed by atoms with van der Waals surface area (Å²) in [7, 11) is 1.61. The minimum atomic E-state index is 0.205. The van der Waals surface area contributed by atoms with Crippen LogP contribution in [0.15, 0.2) is 34.7 Å². The van der Waals surface area contributed by atoms with Crippen LogP contribution in [0.2, 0.25) is 5.02 Å². The molecule has 0 saturated heterocycles. The Kier molecular flexibility index (Phi) is 4.39. The Morgan fingerprint density at radius 2 is 2.11 bits per heavy atom. The molecule has 134 valence electrons. The second kappa shape index (κ2) is 6.87. The van der Waals surface area contributed by atoms with Crippen molar-refractivity contribution >= 4 is 44.3 Å². The Labute approximate surface area is 163 Å². The predicted octanol–water partition coefficient (Wildman–Crippen LogP) is 4.93. The highest BCUT2D eigenvalue weighted by Crippen LogP contribution is 2.34. The number of methoxy groups -OCH3 is 1. The molecule has 1 N–H and O–H groups in total. The Bertz CT molecular complexity index is 1190. The summed E-state index contributed by atoms with van der Waals surface area (Å²) in [6, 6.07) is 11.4. The van der Waals surface area contributed by atoms with E-state index in [1.807, 2.05) is 18.2 Å². The molecule has 4 rings (SSSR count). The molecule has 9 heteroatoms. The lowest BCUT2D eigenvalue weighted by atomic mass is 10.0. The van der Waals surface area contributed by atoms with Crippen LogP contribution in [-0.2, 0) is 0 Å². The molecule has 0 amide bonds. The molecule has 0 aliphatic rings. The fourth-order valence-electron chi connectivity index (χ4n) is 2.66. The molecule has 0 unspecified atom stereocenters. The van der Waals surface area contributed by atoms with Crippen molar-refractivity contribution in [2.24, 2.45) is 0 Å². The largest absolute Gasteiger partial charge is 0.494 e. The van der Waals surface area contributed by atoms with E-state index in [4.69, 9.17) is 20.8 Å². The van der Waals surface area contributed by atoms with Gasteiger partial charge in [0.05, 0.1) is 22.4 Å². The molecule has 7 nitrogen and oxygen atoms in total. The molecule has 0 atom stereocenters. The predicted molar refractivity (Wildman–Crippen MR) is 104 cm³/mol. The molecule has 0 spiro atoms. The summed E-state index contributed by atoms with van der Waals surface area (Å²) in [6.45, 7) is 1.79. The fraction of sp³-hybridized carbons (Fsp3) is 0.111. The molecule has 0 fully saturated rings. The summed E-state index contributed by atoms with van der Waals surface area (Å²) in [5.41, 5.74) is 2.49. The van der Waals surface area contributed by atoms with Gasteiger partial charge in [-0.15, -0.1) is 5.10 Å². The third-order valence-electron chi connectivity index (χ3n) is 4.00. The van der Waals surface area contributed by atoms with E-state index in [-0.39, 0.29) is 6.01 Å². The molecule has 0 bridgehead atoms. The van der Waals surface area contributed by atoms with Crippen LogP contribution < -0.4 is 10.1 Å². The summed E-state index contributed by atoms with van der Waals surface area (Å²) in [5.74, 6) is 0.991. The molecular formula is C18H12ClN5O2S. The van der Waals surface area contributed by atoms with Crippen LogP contribution in [0.5, 0.6) is 5.75 Å². The molecule has 2 heterocycles. The number of aromatic nitrogens is 3. The second-order valence-electron chi connectivity index (χ2n) is 5.57. The number of rotatable bonds is 4. The summed E-state index contributed by atoms with van der Waals surface area (Å²) >= 11 is 7.49. The Hall–Kier alpha value is -3.15. The Morgan fingerprint density at radius 1 is 1.26 bits per heavy atom. The first-order valence-corrected chi connectivity index (χ1v) is 9.04. The molecule has 2 aromatic heterocycles. The number of nitrogens with one attached hydrogen (secondary N) is 1. The van der Waals surface area contributed by atoms with Crippen molar-refractivity contribution < 1.29 is 9.15 Å². The zero-order chi connectivity index (χ0) is 19.0. The number of para-hydroxylation sites is 1.